The minimum Gasteiger partial charge on any atom is -0.353 e. The van der Waals surface area contributed by atoms with Crippen LogP contribution in [0.25, 0.3) is 0 Å². The third kappa shape index (κ3) is 6.33. The number of hydrogen-bond acceptors (Lipinski definition) is 10. The number of pyridine rings is 1. The molecule has 3 aliphatic rings. The molecule has 0 bridgehead atoms. The van der Waals surface area contributed by atoms with Crippen LogP contribution in [0.1, 0.15) is 21.8 Å². The summed E-state index contributed by atoms with van der Waals surface area (Å²) in [4.78, 5) is 32.6. The van der Waals surface area contributed by atoms with Gasteiger partial charge in [-0.2, -0.15) is 0 Å². The fraction of sp³-hybridized carbons (Fsp3) is 0.407. The van der Waals surface area contributed by atoms with Gasteiger partial charge in [-0.1, -0.05) is 18.2 Å². The summed E-state index contributed by atoms with van der Waals surface area (Å²) in [5.41, 5.74) is 1.90. The molecule has 2 N–H and O–H groups in total. The highest BCUT2D eigenvalue weighted by Gasteiger charge is 2.24. The Balaban J connectivity index is 0.000000152. The molecule has 2 saturated heterocycles. The lowest BCUT2D eigenvalue weighted by atomic mass is 10.1. The van der Waals surface area contributed by atoms with Crippen LogP contribution in [0.3, 0.4) is 0 Å². The van der Waals surface area contributed by atoms with Gasteiger partial charge in [-0.25, -0.2) is 9.97 Å². The number of thiazole rings is 1. The van der Waals surface area contributed by atoms with Gasteiger partial charge in [-0.05, 0) is 30.7 Å². The number of guanidine groups is 1. The Kier molecular flexibility index (Phi) is 8.73. The summed E-state index contributed by atoms with van der Waals surface area (Å²) in [5, 5.41) is 9.02. The molecule has 194 valence electrons. The van der Waals surface area contributed by atoms with Crippen molar-refractivity contribution < 1.29 is 4.79 Å². The van der Waals surface area contributed by atoms with Crippen molar-refractivity contribution in [3.8, 4) is 0 Å². The maximum absolute atomic E-state index is 12.4. The van der Waals surface area contributed by atoms with E-state index in [-0.39, 0.29) is 5.78 Å². The molecule has 5 heterocycles. The van der Waals surface area contributed by atoms with Crippen LogP contribution < -0.4 is 20.4 Å². The zero-order valence-electron chi connectivity index (χ0n) is 21.1. The molecule has 1 aromatic carbocycles. The normalized spacial score (nSPS) is 18.1. The lowest BCUT2D eigenvalue weighted by Crippen LogP contribution is -2.54. The molecular weight excluding hydrogens is 484 g/mol. The summed E-state index contributed by atoms with van der Waals surface area (Å²) >= 11 is 1.36. The van der Waals surface area contributed by atoms with Crippen LogP contribution in [-0.2, 0) is 0 Å². The molecule has 2 fully saturated rings. The number of piperazine rings is 2. The number of hydrogen-bond donors (Lipinski definition) is 2. The molecular formula is C27H34N8OS. The minimum atomic E-state index is -0.0448. The number of carbonyl (C=O) groups excluding carboxylic acids is 1. The van der Waals surface area contributed by atoms with E-state index in [1.54, 1.807) is 18.5 Å². The van der Waals surface area contributed by atoms with Crippen LogP contribution in [0, 0.1) is 0 Å². The van der Waals surface area contributed by atoms with Crippen molar-refractivity contribution in [1.29, 1.82) is 0 Å². The number of nitrogens with zero attached hydrogens (tertiary/aromatic N) is 6. The molecule has 0 aliphatic carbocycles. The maximum Gasteiger partial charge on any atom is 0.225 e. The molecule has 0 spiro atoms. The highest BCUT2D eigenvalue weighted by atomic mass is 32.1. The number of para-hydroxylation sites is 1. The lowest BCUT2D eigenvalue weighted by molar-refractivity contribution is 0.103. The first-order valence-electron chi connectivity index (χ1n) is 13.0. The molecule has 10 heteroatoms. The highest BCUT2D eigenvalue weighted by molar-refractivity contribution is 7.11. The van der Waals surface area contributed by atoms with E-state index in [1.807, 2.05) is 11.4 Å². The van der Waals surface area contributed by atoms with Crippen molar-refractivity contribution in [2.24, 2.45) is 4.99 Å². The second kappa shape index (κ2) is 12.8. The fourth-order valence-electron chi connectivity index (χ4n) is 4.73. The van der Waals surface area contributed by atoms with Crippen LogP contribution in [-0.4, -0.2) is 92.1 Å². The monoisotopic (exact) mass is 518 g/mol. The van der Waals surface area contributed by atoms with Gasteiger partial charge >= 0.3 is 0 Å². The van der Waals surface area contributed by atoms with Crippen LogP contribution in [0.4, 0.5) is 11.5 Å². The van der Waals surface area contributed by atoms with Gasteiger partial charge in [0.05, 0.1) is 5.56 Å². The minimum absolute atomic E-state index is 0.0448. The van der Waals surface area contributed by atoms with Crippen LogP contribution in [0.2, 0.25) is 0 Å². The summed E-state index contributed by atoms with van der Waals surface area (Å²) in [6.07, 6.45) is 4.53. The number of nitrogens with one attached hydrogen (secondary N) is 2. The van der Waals surface area contributed by atoms with Gasteiger partial charge in [0.15, 0.2) is 5.01 Å². The number of anilines is 2. The topological polar surface area (TPSA) is 89.0 Å². The molecule has 3 aliphatic heterocycles. The molecule has 0 unspecified atom stereocenters. The van der Waals surface area contributed by atoms with E-state index in [9.17, 15) is 4.79 Å². The highest BCUT2D eigenvalue weighted by Crippen LogP contribution is 2.22. The van der Waals surface area contributed by atoms with Crippen LogP contribution >= 0.6 is 11.3 Å². The van der Waals surface area contributed by atoms with Crippen molar-refractivity contribution >= 4 is 34.6 Å². The van der Waals surface area contributed by atoms with E-state index in [2.05, 4.69) is 65.6 Å². The zero-order chi connectivity index (χ0) is 25.3. The van der Waals surface area contributed by atoms with E-state index < -0.39 is 0 Å². The first-order chi connectivity index (χ1) is 18.3. The predicted octanol–water partition coefficient (Wildman–Crippen LogP) is 2.34. The van der Waals surface area contributed by atoms with Crippen molar-refractivity contribution in [2.75, 3.05) is 75.2 Å². The van der Waals surface area contributed by atoms with Gasteiger partial charge in [-0.3, -0.25) is 9.79 Å². The Morgan fingerprint density at radius 2 is 1.54 bits per heavy atom. The third-order valence-electron chi connectivity index (χ3n) is 6.58. The van der Waals surface area contributed by atoms with Crippen molar-refractivity contribution in [3.63, 3.8) is 0 Å². The molecule has 9 nitrogen and oxygen atoms in total. The number of benzene rings is 1. The number of rotatable bonds is 4. The Bertz CT molecular complexity index is 1160. The number of ketones is 1. The standard InChI is InChI=1S/C14H20N4.C13H14N4OS/c1-2-5-13(6-3-1)18-10-4-7-16-14(18)17-11-8-15-9-12-17;18-11(13-16-6-9-19-13)10-2-1-3-15-12(10)17-7-4-14-5-8-17/h1-3,5-6,15H,4,7-12H2;1-3,6,9,14H,4-5,7-8H2. The lowest BCUT2D eigenvalue weighted by Gasteiger charge is -2.38. The number of carbonyl (C=O) groups is 1. The molecule has 6 rings (SSSR count). The average Bonchev–Trinajstić information content (AvgIpc) is 3.54. The Morgan fingerprint density at radius 3 is 2.24 bits per heavy atom. The van der Waals surface area contributed by atoms with Crippen molar-refractivity contribution in [3.05, 3.63) is 70.8 Å². The van der Waals surface area contributed by atoms with E-state index in [1.165, 1.54) is 17.0 Å². The van der Waals surface area contributed by atoms with Crippen molar-refractivity contribution in [1.82, 2.24) is 25.5 Å². The Labute approximate surface area is 222 Å². The quantitative estimate of drug-likeness (QED) is 0.509. The van der Waals surface area contributed by atoms with E-state index in [0.29, 0.717) is 10.6 Å². The maximum atomic E-state index is 12.4. The first kappa shape index (κ1) is 25.3. The van der Waals surface area contributed by atoms with Gasteiger partial charge in [-0.15, -0.1) is 11.3 Å². The van der Waals surface area contributed by atoms with Crippen LogP contribution in [0.15, 0.2) is 65.2 Å². The summed E-state index contributed by atoms with van der Waals surface area (Å²) in [6.45, 7) is 9.84. The van der Waals surface area contributed by atoms with Gasteiger partial charge in [0.25, 0.3) is 0 Å². The van der Waals surface area contributed by atoms with Gasteiger partial charge in [0.1, 0.15) is 5.82 Å². The van der Waals surface area contributed by atoms with E-state index >= 15 is 0 Å². The van der Waals surface area contributed by atoms with Crippen LogP contribution in [0.5, 0.6) is 0 Å². The zero-order valence-corrected chi connectivity index (χ0v) is 21.9. The molecule has 0 amide bonds. The Hall–Kier alpha value is -3.34. The summed E-state index contributed by atoms with van der Waals surface area (Å²) < 4.78 is 0. The smallest absolute Gasteiger partial charge is 0.225 e. The average molecular weight is 519 g/mol. The van der Waals surface area contributed by atoms with E-state index in [0.717, 1.165) is 83.6 Å². The molecule has 3 aromatic rings. The summed E-state index contributed by atoms with van der Waals surface area (Å²) in [6, 6.07) is 14.2. The largest absolute Gasteiger partial charge is 0.353 e. The first-order valence-corrected chi connectivity index (χ1v) is 13.9. The van der Waals surface area contributed by atoms with Crippen molar-refractivity contribution in [2.45, 2.75) is 6.42 Å². The van der Waals surface area contributed by atoms with Gasteiger partial charge in [0.2, 0.25) is 11.7 Å². The van der Waals surface area contributed by atoms with Gasteiger partial charge in [0, 0.05) is 88.9 Å². The molecule has 0 radical (unpaired) electrons. The molecule has 0 saturated carbocycles. The van der Waals surface area contributed by atoms with E-state index in [4.69, 9.17) is 4.99 Å². The Morgan fingerprint density at radius 1 is 0.811 bits per heavy atom. The number of aliphatic imine (C=N–C) groups is 1. The predicted molar refractivity (Wildman–Crippen MR) is 150 cm³/mol. The summed E-state index contributed by atoms with van der Waals surface area (Å²) in [5.74, 6) is 1.88. The summed E-state index contributed by atoms with van der Waals surface area (Å²) in [7, 11) is 0. The second-order valence-electron chi connectivity index (χ2n) is 9.04. The molecule has 0 atom stereocenters. The third-order valence-corrected chi connectivity index (χ3v) is 7.35. The van der Waals surface area contributed by atoms with Gasteiger partial charge < -0.3 is 25.3 Å². The fourth-order valence-corrected chi connectivity index (χ4v) is 5.32. The molecule has 2 aromatic heterocycles. The molecule has 37 heavy (non-hydrogen) atoms. The number of aromatic nitrogens is 2. The second-order valence-corrected chi connectivity index (χ2v) is 9.93. The SMILES string of the molecule is O=C(c1nccs1)c1cccnc1N1CCNCC1.c1ccc(N2CCCN=C2N2CCNCC2)cc1.